The average molecular weight is 258 g/mol. The van der Waals surface area contributed by atoms with Gasteiger partial charge in [-0.2, -0.15) is 11.8 Å². The Kier molecular flexibility index (Phi) is 5.13. The minimum atomic E-state index is 0.170. The molecule has 4 nitrogen and oxygen atoms in total. The van der Waals surface area contributed by atoms with Crippen LogP contribution in [0.5, 0.6) is 0 Å². The summed E-state index contributed by atoms with van der Waals surface area (Å²) in [6.45, 7) is 4.71. The van der Waals surface area contributed by atoms with Crippen LogP contribution in [0.2, 0.25) is 0 Å². The molecular formula is C12H22N2O2S. The fourth-order valence-corrected chi connectivity index (χ4v) is 3.28. The van der Waals surface area contributed by atoms with Gasteiger partial charge in [0.25, 0.3) is 0 Å². The van der Waals surface area contributed by atoms with Gasteiger partial charge in [-0.05, 0) is 13.3 Å². The van der Waals surface area contributed by atoms with E-state index < -0.39 is 0 Å². The van der Waals surface area contributed by atoms with Crippen molar-refractivity contribution in [3.63, 3.8) is 0 Å². The Balaban J connectivity index is 1.63. The molecule has 2 aliphatic rings. The standard InChI is InChI=1S/C12H22N2O2S/c1-9-10(2-4-16-9)7-14-12(15)6-11-8-17-5-3-13-11/h9-11,13H,2-8H2,1H3,(H,14,15). The van der Waals surface area contributed by atoms with Crippen molar-refractivity contribution >= 4 is 17.7 Å². The highest BCUT2D eigenvalue weighted by Crippen LogP contribution is 2.19. The third-order valence-electron chi connectivity index (χ3n) is 3.52. The smallest absolute Gasteiger partial charge is 0.221 e. The first-order valence-electron chi connectivity index (χ1n) is 6.45. The number of hydrogen-bond acceptors (Lipinski definition) is 4. The van der Waals surface area contributed by atoms with Crippen LogP contribution in [-0.2, 0) is 9.53 Å². The minimum Gasteiger partial charge on any atom is -0.378 e. The summed E-state index contributed by atoms with van der Waals surface area (Å²) in [5, 5.41) is 6.41. The van der Waals surface area contributed by atoms with Gasteiger partial charge in [0.05, 0.1) is 6.10 Å². The highest BCUT2D eigenvalue weighted by molar-refractivity contribution is 7.99. The summed E-state index contributed by atoms with van der Waals surface area (Å²) >= 11 is 1.93. The van der Waals surface area contributed by atoms with Crippen molar-refractivity contribution in [2.24, 2.45) is 5.92 Å². The van der Waals surface area contributed by atoms with Gasteiger partial charge in [-0.15, -0.1) is 0 Å². The molecule has 0 spiro atoms. The lowest BCUT2D eigenvalue weighted by Gasteiger charge is -2.23. The topological polar surface area (TPSA) is 50.4 Å². The van der Waals surface area contributed by atoms with Gasteiger partial charge in [-0.1, -0.05) is 0 Å². The summed E-state index contributed by atoms with van der Waals surface area (Å²) in [6.07, 6.45) is 1.96. The van der Waals surface area contributed by atoms with Crippen LogP contribution in [0.3, 0.4) is 0 Å². The number of rotatable bonds is 4. The third-order valence-corrected chi connectivity index (χ3v) is 4.66. The second kappa shape index (κ2) is 6.61. The Hall–Kier alpha value is -0.260. The Morgan fingerprint density at radius 2 is 2.47 bits per heavy atom. The fourth-order valence-electron chi connectivity index (χ4n) is 2.34. The summed E-state index contributed by atoms with van der Waals surface area (Å²) in [4.78, 5) is 11.8. The highest BCUT2D eigenvalue weighted by Gasteiger charge is 2.25. The molecule has 0 aromatic heterocycles. The van der Waals surface area contributed by atoms with Crippen molar-refractivity contribution in [1.82, 2.24) is 10.6 Å². The molecule has 0 aromatic rings. The third kappa shape index (κ3) is 4.16. The van der Waals surface area contributed by atoms with Crippen molar-refractivity contribution in [3.8, 4) is 0 Å². The van der Waals surface area contributed by atoms with E-state index in [-0.39, 0.29) is 5.91 Å². The van der Waals surface area contributed by atoms with Crippen molar-refractivity contribution in [1.29, 1.82) is 0 Å². The van der Waals surface area contributed by atoms with Crippen molar-refractivity contribution in [2.45, 2.75) is 31.9 Å². The first kappa shape index (κ1) is 13.2. The molecule has 2 aliphatic heterocycles. The number of amides is 1. The van der Waals surface area contributed by atoms with E-state index in [2.05, 4.69) is 17.6 Å². The Bertz CT molecular complexity index is 257. The maximum absolute atomic E-state index is 11.8. The molecule has 5 heteroatoms. The molecule has 2 saturated heterocycles. The Morgan fingerprint density at radius 1 is 1.59 bits per heavy atom. The van der Waals surface area contributed by atoms with Gasteiger partial charge < -0.3 is 15.4 Å². The summed E-state index contributed by atoms with van der Waals surface area (Å²) in [6, 6.07) is 0.353. The lowest BCUT2D eigenvalue weighted by molar-refractivity contribution is -0.121. The number of hydrogen-bond donors (Lipinski definition) is 2. The maximum atomic E-state index is 11.8. The number of carbonyl (C=O) groups excluding carboxylic acids is 1. The van der Waals surface area contributed by atoms with Crippen LogP contribution in [0, 0.1) is 5.92 Å². The van der Waals surface area contributed by atoms with Crippen LogP contribution in [0.25, 0.3) is 0 Å². The lowest BCUT2D eigenvalue weighted by Crippen LogP contribution is -2.42. The molecular weight excluding hydrogens is 236 g/mol. The first-order chi connectivity index (χ1) is 8.25. The zero-order chi connectivity index (χ0) is 12.1. The van der Waals surface area contributed by atoms with Crippen LogP contribution >= 0.6 is 11.8 Å². The van der Waals surface area contributed by atoms with E-state index >= 15 is 0 Å². The number of carbonyl (C=O) groups is 1. The van der Waals surface area contributed by atoms with Crippen LogP contribution in [0.4, 0.5) is 0 Å². The predicted octanol–water partition coefficient (Wildman–Crippen LogP) is 0.623. The molecule has 3 atom stereocenters. The van der Waals surface area contributed by atoms with Crippen molar-refractivity contribution in [2.75, 3.05) is 31.2 Å². The molecule has 2 fully saturated rings. The molecule has 2 heterocycles. The van der Waals surface area contributed by atoms with E-state index in [1.54, 1.807) is 0 Å². The highest BCUT2D eigenvalue weighted by atomic mass is 32.2. The molecule has 0 aliphatic carbocycles. The number of ether oxygens (including phenoxy) is 1. The summed E-state index contributed by atoms with van der Waals surface area (Å²) < 4.78 is 5.48. The lowest BCUT2D eigenvalue weighted by atomic mass is 10.0. The van der Waals surface area contributed by atoms with Gasteiger partial charge >= 0.3 is 0 Å². The number of nitrogens with one attached hydrogen (secondary N) is 2. The summed E-state index contributed by atoms with van der Waals surface area (Å²) in [7, 11) is 0. The van der Waals surface area contributed by atoms with Gasteiger partial charge in [0.2, 0.25) is 5.91 Å². The van der Waals surface area contributed by atoms with Gasteiger partial charge in [-0.3, -0.25) is 4.79 Å². The quantitative estimate of drug-likeness (QED) is 0.776. The summed E-state index contributed by atoms with van der Waals surface area (Å²) in [5.41, 5.74) is 0. The molecule has 0 radical (unpaired) electrons. The van der Waals surface area contributed by atoms with Gasteiger partial charge in [0, 0.05) is 49.6 Å². The second-order valence-electron chi connectivity index (χ2n) is 4.86. The average Bonchev–Trinajstić information content (AvgIpc) is 2.74. The maximum Gasteiger partial charge on any atom is 0.221 e. The van der Waals surface area contributed by atoms with Crippen LogP contribution < -0.4 is 10.6 Å². The monoisotopic (exact) mass is 258 g/mol. The predicted molar refractivity (Wildman–Crippen MR) is 70.3 cm³/mol. The van der Waals surface area contributed by atoms with E-state index in [1.807, 2.05) is 11.8 Å². The molecule has 2 rings (SSSR count). The normalized spacial score (nSPS) is 33.6. The van der Waals surface area contributed by atoms with E-state index in [1.165, 1.54) is 0 Å². The minimum absolute atomic E-state index is 0.170. The molecule has 3 unspecified atom stereocenters. The van der Waals surface area contributed by atoms with E-state index in [0.717, 1.165) is 37.6 Å². The summed E-state index contributed by atoms with van der Waals surface area (Å²) in [5.74, 6) is 2.88. The van der Waals surface area contributed by atoms with Crippen LogP contribution in [0.1, 0.15) is 19.8 Å². The first-order valence-corrected chi connectivity index (χ1v) is 7.60. The largest absolute Gasteiger partial charge is 0.378 e. The van der Waals surface area contributed by atoms with Crippen LogP contribution in [-0.4, -0.2) is 49.3 Å². The van der Waals surface area contributed by atoms with E-state index in [9.17, 15) is 4.79 Å². The Labute approximate surface area is 107 Å². The van der Waals surface area contributed by atoms with Gasteiger partial charge in [0.15, 0.2) is 0 Å². The van der Waals surface area contributed by atoms with Crippen LogP contribution in [0.15, 0.2) is 0 Å². The zero-order valence-corrected chi connectivity index (χ0v) is 11.2. The van der Waals surface area contributed by atoms with Gasteiger partial charge in [-0.25, -0.2) is 0 Å². The zero-order valence-electron chi connectivity index (χ0n) is 10.4. The van der Waals surface area contributed by atoms with Gasteiger partial charge in [0.1, 0.15) is 0 Å². The molecule has 98 valence electrons. The van der Waals surface area contributed by atoms with Crippen molar-refractivity contribution < 1.29 is 9.53 Å². The molecule has 0 saturated carbocycles. The molecule has 0 bridgehead atoms. The fraction of sp³-hybridized carbons (Fsp3) is 0.917. The SMILES string of the molecule is CC1OCCC1CNC(=O)CC1CSCCN1. The number of thioether (sulfide) groups is 1. The molecule has 1 amide bonds. The molecule has 0 aromatic carbocycles. The molecule has 2 N–H and O–H groups in total. The van der Waals surface area contributed by atoms with E-state index in [4.69, 9.17) is 4.74 Å². The van der Waals surface area contributed by atoms with E-state index in [0.29, 0.717) is 24.5 Å². The molecule has 17 heavy (non-hydrogen) atoms. The second-order valence-corrected chi connectivity index (χ2v) is 6.01. The Morgan fingerprint density at radius 3 is 3.12 bits per heavy atom. The van der Waals surface area contributed by atoms with Crippen molar-refractivity contribution in [3.05, 3.63) is 0 Å².